The summed E-state index contributed by atoms with van der Waals surface area (Å²) in [6.45, 7) is 1.72. The van der Waals surface area contributed by atoms with Crippen LogP contribution in [0.25, 0.3) is 0 Å². The van der Waals surface area contributed by atoms with E-state index in [0.717, 1.165) is 49.4 Å². The number of methoxy groups -OCH3 is 1. The van der Waals surface area contributed by atoms with Gasteiger partial charge in [-0.3, -0.25) is 4.79 Å². The number of allylic oxidation sites excluding steroid dienone is 1. The molecule has 2 aliphatic heterocycles. The van der Waals surface area contributed by atoms with Gasteiger partial charge in [-0.15, -0.1) is 0 Å². The SMILES string of the molecule is CO[C@H]1/C=C\CC[C@@H](CCO)S(=O)(=O)NC(=O)c2ccc3c(c2)N(C[C@@H]2CC[C@H]21)C[C@@]1(CCCc2cc(Cl)ccc21)CO3. The van der Waals surface area contributed by atoms with Crippen LogP contribution in [0.2, 0.25) is 5.02 Å². The molecule has 1 saturated carbocycles. The lowest BCUT2D eigenvalue weighted by Gasteiger charge is -2.46. The lowest BCUT2D eigenvalue weighted by Crippen LogP contribution is -2.49. The number of nitrogens with zero attached hydrogens (tertiary/aromatic N) is 1. The minimum Gasteiger partial charge on any atom is -0.490 e. The molecule has 1 amide bonds. The number of aryl methyl sites for hydroxylation is 1. The van der Waals surface area contributed by atoms with Gasteiger partial charge in [0, 0.05) is 42.8 Å². The molecule has 8 nitrogen and oxygen atoms in total. The van der Waals surface area contributed by atoms with Crippen molar-refractivity contribution in [2.24, 2.45) is 11.8 Å². The number of carbonyl (C=O) groups excluding carboxylic acids is 1. The molecule has 0 radical (unpaired) electrons. The minimum atomic E-state index is -4.02. The van der Waals surface area contributed by atoms with Crippen LogP contribution in [-0.4, -0.2) is 64.2 Å². The molecule has 2 N–H and O–H groups in total. The van der Waals surface area contributed by atoms with E-state index in [2.05, 4.69) is 27.8 Å². The Morgan fingerprint density at radius 1 is 1.19 bits per heavy atom. The summed E-state index contributed by atoms with van der Waals surface area (Å²) in [5, 5.41) is 9.42. The fraction of sp³-hybridized carbons (Fsp3) is 0.545. The summed E-state index contributed by atoms with van der Waals surface area (Å²) < 4.78 is 41.3. The number of rotatable bonds is 3. The molecule has 1 fully saturated rings. The van der Waals surface area contributed by atoms with Crippen molar-refractivity contribution in [3.8, 4) is 5.75 Å². The number of sulfonamides is 1. The first-order valence-electron chi connectivity index (χ1n) is 15.4. The highest BCUT2D eigenvalue weighted by Crippen LogP contribution is 2.47. The lowest BCUT2D eigenvalue weighted by molar-refractivity contribution is 0.0132. The number of ether oxygens (including phenoxy) is 2. The number of anilines is 1. The number of hydrogen-bond donors (Lipinski definition) is 2. The molecular weight excluding hydrogens is 588 g/mol. The molecule has 4 aliphatic rings. The third kappa shape index (κ3) is 6.06. The maximum absolute atomic E-state index is 13.4. The summed E-state index contributed by atoms with van der Waals surface area (Å²) in [4.78, 5) is 15.8. The van der Waals surface area contributed by atoms with Crippen LogP contribution in [0.15, 0.2) is 48.6 Å². The van der Waals surface area contributed by atoms with Crippen molar-refractivity contribution in [1.82, 2.24) is 4.72 Å². The van der Waals surface area contributed by atoms with Gasteiger partial charge >= 0.3 is 0 Å². The average Bonchev–Trinajstić information content (AvgIpc) is 3.12. The van der Waals surface area contributed by atoms with Crippen LogP contribution >= 0.6 is 11.6 Å². The maximum Gasteiger partial charge on any atom is 0.264 e. The fourth-order valence-electron chi connectivity index (χ4n) is 7.57. The first kappa shape index (κ1) is 30.4. The molecule has 0 unspecified atom stereocenters. The van der Waals surface area contributed by atoms with Gasteiger partial charge in [-0.05, 0) is 105 Å². The lowest BCUT2D eigenvalue weighted by atomic mass is 9.68. The zero-order valence-electron chi connectivity index (χ0n) is 24.6. The van der Waals surface area contributed by atoms with Gasteiger partial charge in [0.1, 0.15) is 5.75 Å². The third-order valence-electron chi connectivity index (χ3n) is 10.0. The zero-order chi connectivity index (χ0) is 30.2. The first-order valence-corrected chi connectivity index (χ1v) is 17.3. The Morgan fingerprint density at radius 2 is 2.05 bits per heavy atom. The van der Waals surface area contributed by atoms with Crippen LogP contribution in [0.3, 0.4) is 0 Å². The van der Waals surface area contributed by atoms with Gasteiger partial charge in [0.15, 0.2) is 0 Å². The molecule has 6 rings (SSSR count). The fourth-order valence-corrected chi connectivity index (χ4v) is 9.17. The number of benzene rings is 2. The molecular formula is C33H41ClN2O6S. The summed E-state index contributed by atoms with van der Waals surface area (Å²) in [7, 11) is -2.29. The van der Waals surface area contributed by atoms with Crippen molar-refractivity contribution < 1.29 is 27.8 Å². The number of carbonyl (C=O) groups is 1. The maximum atomic E-state index is 13.4. The molecule has 2 bridgehead atoms. The van der Waals surface area contributed by atoms with Crippen LogP contribution < -0.4 is 14.4 Å². The van der Waals surface area contributed by atoms with E-state index < -0.39 is 21.2 Å². The highest BCUT2D eigenvalue weighted by Gasteiger charge is 2.44. The van der Waals surface area contributed by atoms with E-state index in [0.29, 0.717) is 43.6 Å². The number of amides is 1. The molecule has 2 aromatic carbocycles. The van der Waals surface area contributed by atoms with Crippen LogP contribution in [0.4, 0.5) is 5.69 Å². The van der Waals surface area contributed by atoms with E-state index in [1.54, 1.807) is 25.3 Å². The minimum absolute atomic E-state index is 0.0510. The Bertz CT molecular complexity index is 1500. The predicted molar refractivity (Wildman–Crippen MR) is 167 cm³/mol. The summed E-state index contributed by atoms with van der Waals surface area (Å²) >= 11 is 6.40. The van der Waals surface area contributed by atoms with Gasteiger partial charge in [-0.2, -0.15) is 0 Å². The number of halogens is 1. The molecule has 43 heavy (non-hydrogen) atoms. The molecule has 2 heterocycles. The van der Waals surface area contributed by atoms with Crippen molar-refractivity contribution in [3.63, 3.8) is 0 Å². The number of aliphatic hydroxyl groups is 1. The molecule has 5 atom stereocenters. The monoisotopic (exact) mass is 628 g/mol. The van der Waals surface area contributed by atoms with Crippen molar-refractivity contribution in [2.75, 3.05) is 38.3 Å². The standard InChI is InChI=1S/C33H41ClN2O6S/c1-41-30-7-3-2-6-26(14-16-37)43(39,40)35-32(38)23-9-13-31-29(18-23)36(19-24-8-11-27(24)30)20-33(21-42-31)15-4-5-22-17-25(34)10-12-28(22)33/h3,7,9-10,12-13,17-18,24,26-27,30,37H,2,4-6,8,11,14-16,19-21H2,1H3,(H,35,38)/b7-3-/t24-,26-,27+,30-,33-/m0/s1. The summed E-state index contributed by atoms with van der Waals surface area (Å²) in [6, 6.07) is 11.4. The highest BCUT2D eigenvalue weighted by atomic mass is 35.5. The Balaban J connectivity index is 1.42. The second-order valence-corrected chi connectivity index (χ2v) is 15.0. The summed E-state index contributed by atoms with van der Waals surface area (Å²) in [6.07, 6.45) is 9.95. The largest absolute Gasteiger partial charge is 0.490 e. The Hall–Kier alpha value is -2.59. The van der Waals surface area contributed by atoms with E-state index in [1.165, 1.54) is 11.1 Å². The van der Waals surface area contributed by atoms with Crippen LogP contribution in [0.1, 0.15) is 66.4 Å². The number of fused-ring (bicyclic) bond motifs is 4. The van der Waals surface area contributed by atoms with E-state index in [-0.39, 0.29) is 30.1 Å². The van der Waals surface area contributed by atoms with Crippen LogP contribution in [0.5, 0.6) is 5.75 Å². The van der Waals surface area contributed by atoms with Gasteiger partial charge in [0.2, 0.25) is 10.0 Å². The van der Waals surface area contributed by atoms with Crippen molar-refractivity contribution in [1.29, 1.82) is 0 Å². The normalized spacial score (nSPS) is 31.0. The van der Waals surface area contributed by atoms with Gasteiger partial charge in [-0.25, -0.2) is 13.1 Å². The first-order chi connectivity index (χ1) is 20.7. The van der Waals surface area contributed by atoms with Gasteiger partial charge in [0.05, 0.1) is 23.6 Å². The Morgan fingerprint density at radius 3 is 2.81 bits per heavy atom. The molecule has 0 saturated heterocycles. The van der Waals surface area contributed by atoms with Crippen molar-refractivity contribution in [2.45, 2.75) is 68.1 Å². The molecule has 0 aromatic heterocycles. The van der Waals surface area contributed by atoms with Crippen LogP contribution in [0, 0.1) is 11.8 Å². The number of hydrogen-bond acceptors (Lipinski definition) is 7. The quantitative estimate of drug-likeness (QED) is 0.460. The molecule has 2 aliphatic carbocycles. The number of nitrogens with one attached hydrogen (secondary N) is 1. The predicted octanol–water partition coefficient (Wildman–Crippen LogP) is 5.01. The number of aliphatic hydroxyl groups excluding tert-OH is 1. The van der Waals surface area contributed by atoms with Crippen LogP contribution in [-0.2, 0) is 26.6 Å². The molecule has 232 valence electrons. The topological polar surface area (TPSA) is 105 Å². The van der Waals surface area contributed by atoms with E-state index in [4.69, 9.17) is 21.1 Å². The van der Waals surface area contributed by atoms with E-state index in [9.17, 15) is 18.3 Å². The summed E-state index contributed by atoms with van der Waals surface area (Å²) in [5.74, 6) is 0.735. The van der Waals surface area contributed by atoms with Gasteiger partial charge in [-0.1, -0.05) is 29.8 Å². The zero-order valence-corrected chi connectivity index (χ0v) is 26.2. The van der Waals surface area contributed by atoms with E-state index >= 15 is 0 Å². The van der Waals surface area contributed by atoms with Crippen molar-refractivity contribution >= 4 is 33.2 Å². The Labute approximate surface area is 259 Å². The molecule has 2 aromatic rings. The molecule has 1 spiro atoms. The van der Waals surface area contributed by atoms with Gasteiger partial charge < -0.3 is 19.5 Å². The Kier molecular flexibility index (Phi) is 8.79. The highest BCUT2D eigenvalue weighted by molar-refractivity contribution is 7.90. The smallest absolute Gasteiger partial charge is 0.264 e. The molecule has 10 heteroatoms. The third-order valence-corrected chi connectivity index (χ3v) is 12.1. The second-order valence-electron chi connectivity index (χ2n) is 12.6. The van der Waals surface area contributed by atoms with Crippen molar-refractivity contribution in [3.05, 3.63) is 70.3 Å². The van der Waals surface area contributed by atoms with Gasteiger partial charge in [0.25, 0.3) is 5.91 Å². The average molecular weight is 629 g/mol. The summed E-state index contributed by atoms with van der Waals surface area (Å²) in [5.41, 5.74) is 3.34. The second kappa shape index (κ2) is 12.4. The van der Waals surface area contributed by atoms with E-state index in [1.807, 2.05) is 12.1 Å².